The predicted octanol–water partition coefficient (Wildman–Crippen LogP) is 4.26. The van der Waals surface area contributed by atoms with Gasteiger partial charge in [-0.25, -0.2) is 4.98 Å². The fourth-order valence-electron chi connectivity index (χ4n) is 4.06. The number of nitrogens with one attached hydrogen (secondary N) is 1. The van der Waals surface area contributed by atoms with Crippen LogP contribution in [0.3, 0.4) is 0 Å². The number of hydrogen-bond donors (Lipinski definition) is 1. The van der Waals surface area contributed by atoms with Gasteiger partial charge in [-0.2, -0.15) is 5.10 Å². The molecule has 6 nitrogen and oxygen atoms in total. The smallest absolute Gasteiger partial charge is 0.130 e. The highest BCUT2D eigenvalue weighted by Gasteiger charge is 2.23. The first-order valence-electron chi connectivity index (χ1n) is 10.4. The average Bonchev–Trinajstić information content (AvgIpc) is 3.00. The van der Waals surface area contributed by atoms with Gasteiger partial charge in [-0.15, -0.1) is 0 Å². The van der Waals surface area contributed by atoms with Crippen molar-refractivity contribution in [3.63, 3.8) is 0 Å². The van der Waals surface area contributed by atoms with E-state index in [0.717, 1.165) is 55.4 Å². The molecule has 0 atom stereocenters. The summed E-state index contributed by atoms with van der Waals surface area (Å²) in [7, 11) is 2.01. The molecule has 6 heteroatoms. The molecule has 3 aromatic rings. The monoisotopic (exact) mass is 390 g/mol. The van der Waals surface area contributed by atoms with Gasteiger partial charge in [0.15, 0.2) is 0 Å². The molecule has 0 unspecified atom stereocenters. The molecule has 1 N–H and O–H groups in total. The first kappa shape index (κ1) is 19.6. The lowest BCUT2D eigenvalue weighted by molar-refractivity contribution is 0.203. The van der Waals surface area contributed by atoms with Gasteiger partial charge in [0.1, 0.15) is 5.82 Å². The number of piperidine rings is 1. The molecule has 0 amide bonds. The van der Waals surface area contributed by atoms with Crippen molar-refractivity contribution < 1.29 is 0 Å². The van der Waals surface area contributed by atoms with Crippen LogP contribution in [-0.2, 0) is 13.6 Å². The van der Waals surface area contributed by atoms with E-state index in [4.69, 9.17) is 4.98 Å². The van der Waals surface area contributed by atoms with Crippen LogP contribution in [0.4, 0.5) is 11.5 Å². The van der Waals surface area contributed by atoms with Gasteiger partial charge in [-0.1, -0.05) is 6.07 Å². The molecule has 4 heterocycles. The third-order valence-corrected chi connectivity index (χ3v) is 5.87. The number of anilines is 2. The maximum Gasteiger partial charge on any atom is 0.130 e. The Hall–Kier alpha value is -2.73. The average molecular weight is 391 g/mol. The Balaban J connectivity index is 1.41. The van der Waals surface area contributed by atoms with Crippen molar-refractivity contribution >= 4 is 11.5 Å². The number of hydrogen-bond acceptors (Lipinski definition) is 5. The molecule has 0 aromatic carbocycles. The van der Waals surface area contributed by atoms with Crippen LogP contribution in [0.5, 0.6) is 0 Å². The molecule has 0 spiro atoms. The number of rotatable bonds is 5. The Morgan fingerprint density at radius 2 is 1.83 bits per heavy atom. The minimum Gasteiger partial charge on any atom is -0.340 e. The Bertz CT molecular complexity index is 985. The van der Waals surface area contributed by atoms with E-state index in [1.165, 1.54) is 17.0 Å². The molecule has 152 valence electrons. The van der Waals surface area contributed by atoms with Crippen molar-refractivity contribution in [2.75, 3.05) is 18.4 Å². The number of aromatic nitrogens is 4. The molecule has 1 fully saturated rings. The van der Waals surface area contributed by atoms with E-state index in [1.807, 2.05) is 43.0 Å². The molecule has 1 saturated heterocycles. The lowest BCUT2D eigenvalue weighted by Gasteiger charge is -2.31. The zero-order chi connectivity index (χ0) is 20.4. The van der Waals surface area contributed by atoms with Crippen molar-refractivity contribution in [1.82, 2.24) is 24.6 Å². The van der Waals surface area contributed by atoms with E-state index >= 15 is 0 Å². The highest BCUT2D eigenvalue weighted by atomic mass is 15.3. The molecular formula is C23H30N6. The number of nitrogens with zero attached hydrogens (tertiary/aromatic N) is 5. The topological polar surface area (TPSA) is 58.9 Å². The first-order valence-corrected chi connectivity index (χ1v) is 10.4. The van der Waals surface area contributed by atoms with Gasteiger partial charge < -0.3 is 5.32 Å². The Labute approximate surface area is 173 Å². The van der Waals surface area contributed by atoms with Gasteiger partial charge >= 0.3 is 0 Å². The summed E-state index contributed by atoms with van der Waals surface area (Å²) in [6.07, 6.45) is 4.27. The fraction of sp³-hybridized carbons (Fsp3) is 0.435. The second-order valence-corrected chi connectivity index (χ2v) is 8.14. The number of likely N-dealkylation sites (tertiary alicyclic amines) is 1. The molecule has 1 aliphatic rings. The van der Waals surface area contributed by atoms with Crippen molar-refractivity contribution in [1.29, 1.82) is 0 Å². The summed E-state index contributed by atoms with van der Waals surface area (Å²) < 4.78 is 1.95. The van der Waals surface area contributed by atoms with Crippen molar-refractivity contribution in [3.8, 4) is 0 Å². The van der Waals surface area contributed by atoms with Gasteiger partial charge in [-0.3, -0.25) is 14.6 Å². The molecule has 4 rings (SSSR count). The lowest BCUT2D eigenvalue weighted by atomic mass is 9.92. The minimum absolute atomic E-state index is 0.507. The standard InChI is InChI=1S/C23H30N6/c1-16-6-5-7-23(26-16)27-21-12-17(2)25-22(13-21)19-8-10-29(11-9-19)15-20-14-24-28(4)18(20)3/h5-7,12-14,19H,8-11,15H2,1-4H3,(H,25,26,27). The number of pyridine rings is 2. The third-order valence-electron chi connectivity index (χ3n) is 5.87. The summed E-state index contributed by atoms with van der Waals surface area (Å²) in [5, 5.41) is 7.82. The predicted molar refractivity (Wildman–Crippen MR) is 116 cm³/mol. The molecule has 0 saturated carbocycles. The van der Waals surface area contributed by atoms with E-state index in [1.54, 1.807) is 0 Å². The van der Waals surface area contributed by atoms with E-state index in [2.05, 4.69) is 46.3 Å². The van der Waals surface area contributed by atoms with Gasteiger partial charge in [-0.05, 0) is 71.0 Å². The Morgan fingerprint density at radius 1 is 1.03 bits per heavy atom. The summed E-state index contributed by atoms with van der Waals surface area (Å²) in [6.45, 7) is 9.39. The largest absolute Gasteiger partial charge is 0.340 e. The normalized spacial score (nSPS) is 15.6. The summed E-state index contributed by atoms with van der Waals surface area (Å²) in [6, 6.07) is 10.3. The molecule has 0 radical (unpaired) electrons. The Kier molecular flexibility index (Phi) is 5.62. The van der Waals surface area contributed by atoms with Crippen molar-refractivity contribution in [3.05, 3.63) is 64.9 Å². The third kappa shape index (κ3) is 4.65. The van der Waals surface area contributed by atoms with E-state index in [0.29, 0.717) is 5.92 Å². The molecule has 29 heavy (non-hydrogen) atoms. The molecule has 3 aromatic heterocycles. The second-order valence-electron chi connectivity index (χ2n) is 8.14. The highest BCUT2D eigenvalue weighted by Crippen LogP contribution is 2.30. The van der Waals surface area contributed by atoms with Crippen LogP contribution in [0.15, 0.2) is 36.5 Å². The second kappa shape index (κ2) is 8.33. The van der Waals surface area contributed by atoms with Crippen LogP contribution in [0.25, 0.3) is 0 Å². The SMILES string of the molecule is Cc1cccc(Nc2cc(C)nc(C3CCN(Cc4cnn(C)c4C)CC3)c2)n1. The zero-order valence-corrected chi connectivity index (χ0v) is 17.8. The quantitative estimate of drug-likeness (QED) is 0.705. The van der Waals surface area contributed by atoms with Crippen LogP contribution < -0.4 is 5.32 Å². The van der Waals surface area contributed by atoms with Crippen LogP contribution in [0.1, 0.15) is 47.1 Å². The van der Waals surface area contributed by atoms with Gasteiger partial charge in [0.2, 0.25) is 0 Å². The van der Waals surface area contributed by atoms with Crippen LogP contribution >= 0.6 is 0 Å². The summed E-state index contributed by atoms with van der Waals surface area (Å²) in [4.78, 5) is 11.9. The fourth-order valence-corrected chi connectivity index (χ4v) is 4.06. The highest BCUT2D eigenvalue weighted by molar-refractivity contribution is 5.57. The van der Waals surface area contributed by atoms with E-state index < -0.39 is 0 Å². The van der Waals surface area contributed by atoms with Gasteiger partial charge in [0.25, 0.3) is 0 Å². The molecule has 1 aliphatic heterocycles. The molecule has 0 bridgehead atoms. The van der Waals surface area contributed by atoms with E-state index in [9.17, 15) is 0 Å². The lowest BCUT2D eigenvalue weighted by Crippen LogP contribution is -2.32. The van der Waals surface area contributed by atoms with Crippen LogP contribution in [0.2, 0.25) is 0 Å². The molecule has 0 aliphatic carbocycles. The minimum atomic E-state index is 0.507. The Morgan fingerprint density at radius 3 is 2.52 bits per heavy atom. The number of aryl methyl sites for hydroxylation is 3. The first-order chi connectivity index (χ1) is 14.0. The molecular weight excluding hydrogens is 360 g/mol. The summed E-state index contributed by atoms with van der Waals surface area (Å²) in [5.74, 6) is 1.38. The summed E-state index contributed by atoms with van der Waals surface area (Å²) >= 11 is 0. The maximum atomic E-state index is 4.85. The van der Waals surface area contributed by atoms with Crippen LogP contribution in [-0.4, -0.2) is 37.7 Å². The van der Waals surface area contributed by atoms with Gasteiger partial charge in [0.05, 0.1) is 6.20 Å². The summed E-state index contributed by atoms with van der Waals surface area (Å²) in [5.41, 5.74) is 6.91. The van der Waals surface area contributed by atoms with Crippen molar-refractivity contribution in [2.45, 2.75) is 46.1 Å². The van der Waals surface area contributed by atoms with Gasteiger partial charge in [0, 0.05) is 53.5 Å². The van der Waals surface area contributed by atoms with E-state index in [-0.39, 0.29) is 0 Å². The maximum absolute atomic E-state index is 4.85. The zero-order valence-electron chi connectivity index (χ0n) is 17.8. The van der Waals surface area contributed by atoms with Crippen LogP contribution in [0, 0.1) is 20.8 Å². The van der Waals surface area contributed by atoms with Crippen molar-refractivity contribution in [2.24, 2.45) is 7.05 Å².